The lowest BCUT2D eigenvalue weighted by atomic mass is 9.76. The number of likely N-dealkylation sites (tertiary alicyclic amines) is 1. The summed E-state index contributed by atoms with van der Waals surface area (Å²) in [5.74, 6) is -0.0117. The number of benzene rings is 2. The fourth-order valence-electron chi connectivity index (χ4n) is 7.16. The van der Waals surface area contributed by atoms with Crippen molar-refractivity contribution in [2.45, 2.75) is 76.1 Å². The molecule has 2 atom stereocenters. The highest BCUT2D eigenvalue weighted by Gasteiger charge is 2.32. The van der Waals surface area contributed by atoms with Gasteiger partial charge in [0.15, 0.2) is 0 Å². The third kappa shape index (κ3) is 14.0. The number of halogens is 1. The van der Waals surface area contributed by atoms with Crippen molar-refractivity contribution >= 4 is 28.4 Å². The number of rotatable bonds is 23. The van der Waals surface area contributed by atoms with Gasteiger partial charge in [-0.1, -0.05) is 0 Å². The second kappa shape index (κ2) is 22.3. The van der Waals surface area contributed by atoms with E-state index < -0.39 is 23.7 Å². The molecule has 0 unspecified atom stereocenters. The molecule has 0 spiro atoms. The van der Waals surface area contributed by atoms with Crippen LogP contribution in [0.5, 0.6) is 5.75 Å². The zero-order chi connectivity index (χ0) is 39.8. The van der Waals surface area contributed by atoms with E-state index in [1.54, 1.807) is 41.4 Å². The predicted molar refractivity (Wildman–Crippen MR) is 208 cm³/mol. The van der Waals surface area contributed by atoms with E-state index in [-0.39, 0.29) is 30.0 Å². The second-order valence-electron chi connectivity index (χ2n) is 15.0. The Labute approximate surface area is 328 Å². The minimum absolute atomic E-state index is 0.00484. The molecule has 0 radical (unpaired) electrons. The number of anilines is 1. The van der Waals surface area contributed by atoms with Crippen LogP contribution in [-0.2, 0) is 33.3 Å². The van der Waals surface area contributed by atoms with Crippen LogP contribution in [0, 0.1) is 11.7 Å². The first kappa shape index (κ1) is 43.4. The molecule has 2 fully saturated rings. The highest BCUT2D eigenvalue weighted by atomic mass is 19.1. The molecule has 0 bridgehead atoms. The largest absolute Gasteiger partial charge is 0.491 e. The van der Waals surface area contributed by atoms with Crippen molar-refractivity contribution < 1.29 is 52.6 Å². The van der Waals surface area contributed by atoms with Gasteiger partial charge in [-0.3, -0.25) is 14.6 Å². The van der Waals surface area contributed by atoms with Crippen molar-refractivity contribution in [3.05, 3.63) is 66.1 Å². The van der Waals surface area contributed by atoms with E-state index in [0.29, 0.717) is 110 Å². The number of fused-ring (bicyclic) bond motifs is 1. The molecule has 1 saturated carbocycles. The van der Waals surface area contributed by atoms with Gasteiger partial charge in [0.1, 0.15) is 24.3 Å². The summed E-state index contributed by atoms with van der Waals surface area (Å²) >= 11 is 0. The standard InChI is InChI=1S/C42H58FN3O10/c1-42(2,28-39(48)46-16-14-34(47)29-46)56-26-24-54-22-20-52-18-17-51-19-21-53-23-25-55-35-10-8-33(9-11-35)45-41(50)40(49)31-5-3-30(4-6-31)36-13-15-44-38-12-7-32(43)27-37(36)38/h7-13,15,27,30-31,34,40,47,49H,3-6,14,16-26,28-29H2,1-2H3,(H,45,50)/t30-,31+,34-,40-/m1/s1. The average Bonchev–Trinajstić information content (AvgIpc) is 3.64. The summed E-state index contributed by atoms with van der Waals surface area (Å²) in [5, 5.41) is 24.1. The zero-order valence-corrected chi connectivity index (χ0v) is 32.7. The van der Waals surface area contributed by atoms with Crippen LogP contribution in [0.15, 0.2) is 54.7 Å². The van der Waals surface area contributed by atoms with Crippen LogP contribution in [0.2, 0.25) is 0 Å². The van der Waals surface area contributed by atoms with Crippen molar-refractivity contribution in [1.29, 1.82) is 0 Å². The smallest absolute Gasteiger partial charge is 0.253 e. The van der Waals surface area contributed by atoms with E-state index in [1.807, 2.05) is 19.9 Å². The molecule has 2 aliphatic rings. The monoisotopic (exact) mass is 783 g/mol. The number of aliphatic hydroxyl groups is 2. The molecular weight excluding hydrogens is 725 g/mol. The fraction of sp³-hybridized carbons (Fsp3) is 0.595. The van der Waals surface area contributed by atoms with Gasteiger partial charge in [0.05, 0.1) is 83.1 Å². The molecule has 2 aromatic carbocycles. The number of carbonyl (C=O) groups is 2. The normalized spacial score (nSPS) is 19.3. The minimum atomic E-state index is -1.12. The number of carbonyl (C=O) groups excluding carboxylic acids is 2. The number of nitrogens with zero attached hydrogens (tertiary/aromatic N) is 2. The van der Waals surface area contributed by atoms with Crippen LogP contribution in [0.25, 0.3) is 10.9 Å². The molecule has 1 aliphatic carbocycles. The Morgan fingerprint density at radius 3 is 2.11 bits per heavy atom. The second-order valence-corrected chi connectivity index (χ2v) is 15.0. The number of ether oxygens (including phenoxy) is 6. The molecule has 1 aromatic heterocycles. The lowest BCUT2D eigenvalue weighted by molar-refractivity contribution is -0.138. The van der Waals surface area contributed by atoms with E-state index in [1.165, 1.54) is 12.1 Å². The summed E-state index contributed by atoms with van der Waals surface area (Å²) in [6.45, 7) is 8.85. The average molecular weight is 784 g/mol. The van der Waals surface area contributed by atoms with E-state index in [0.717, 1.165) is 29.3 Å². The summed E-state index contributed by atoms with van der Waals surface area (Å²) in [6, 6.07) is 13.6. The Balaban J connectivity index is 0.827. The van der Waals surface area contributed by atoms with E-state index in [2.05, 4.69) is 10.3 Å². The molecule has 308 valence electrons. The number of amides is 2. The molecule has 13 nitrogen and oxygen atoms in total. The van der Waals surface area contributed by atoms with E-state index in [9.17, 15) is 24.2 Å². The summed E-state index contributed by atoms with van der Waals surface area (Å²) in [5.41, 5.74) is 1.80. The van der Waals surface area contributed by atoms with Crippen LogP contribution in [0.3, 0.4) is 0 Å². The summed E-state index contributed by atoms with van der Waals surface area (Å²) in [4.78, 5) is 31.3. The van der Waals surface area contributed by atoms with Gasteiger partial charge in [-0.05, 0) is 112 Å². The van der Waals surface area contributed by atoms with Crippen LogP contribution in [0.1, 0.15) is 63.9 Å². The number of β-amino-alcohol motifs (C(OH)–C–C–N with tert-alkyl or cyclic N) is 1. The Morgan fingerprint density at radius 2 is 1.48 bits per heavy atom. The maximum absolute atomic E-state index is 13.9. The molecule has 56 heavy (non-hydrogen) atoms. The van der Waals surface area contributed by atoms with E-state index >= 15 is 0 Å². The minimum Gasteiger partial charge on any atom is -0.491 e. The summed E-state index contributed by atoms with van der Waals surface area (Å²) in [6.07, 6.45) is 4.10. The molecule has 3 N–H and O–H groups in total. The van der Waals surface area contributed by atoms with Gasteiger partial charge >= 0.3 is 0 Å². The number of hydrogen-bond acceptors (Lipinski definition) is 11. The Morgan fingerprint density at radius 1 is 0.857 bits per heavy atom. The molecule has 1 saturated heterocycles. The van der Waals surface area contributed by atoms with Crippen molar-refractivity contribution in [2.24, 2.45) is 5.92 Å². The lowest BCUT2D eigenvalue weighted by Crippen LogP contribution is -2.37. The lowest BCUT2D eigenvalue weighted by Gasteiger charge is -2.31. The Kier molecular flexibility index (Phi) is 17.2. The van der Waals surface area contributed by atoms with Crippen LogP contribution in [-0.4, -0.2) is 129 Å². The fourth-order valence-corrected chi connectivity index (χ4v) is 7.16. The first-order chi connectivity index (χ1) is 27.1. The molecule has 3 aromatic rings. The van der Waals surface area contributed by atoms with Gasteiger partial charge in [-0.15, -0.1) is 0 Å². The highest BCUT2D eigenvalue weighted by Crippen LogP contribution is 2.39. The zero-order valence-electron chi connectivity index (χ0n) is 32.7. The van der Waals surface area contributed by atoms with Crippen LogP contribution < -0.4 is 10.1 Å². The number of aliphatic hydroxyl groups excluding tert-OH is 2. The quantitative estimate of drug-likeness (QED) is 0.113. The van der Waals surface area contributed by atoms with Crippen LogP contribution >= 0.6 is 0 Å². The number of aromatic nitrogens is 1. The number of nitrogens with one attached hydrogen (secondary N) is 1. The number of pyridine rings is 1. The van der Waals surface area contributed by atoms with Crippen molar-refractivity contribution in [1.82, 2.24) is 9.88 Å². The van der Waals surface area contributed by atoms with Crippen molar-refractivity contribution in [3.8, 4) is 5.75 Å². The van der Waals surface area contributed by atoms with Gasteiger partial charge in [-0.25, -0.2) is 4.39 Å². The Bertz CT molecular complexity index is 1650. The predicted octanol–water partition coefficient (Wildman–Crippen LogP) is 4.87. The van der Waals surface area contributed by atoms with Gasteiger partial charge in [-0.2, -0.15) is 0 Å². The van der Waals surface area contributed by atoms with Gasteiger partial charge in [0.2, 0.25) is 5.91 Å². The summed E-state index contributed by atoms with van der Waals surface area (Å²) in [7, 11) is 0. The van der Waals surface area contributed by atoms with Gasteiger partial charge < -0.3 is 48.9 Å². The maximum Gasteiger partial charge on any atom is 0.253 e. The third-order valence-electron chi connectivity index (χ3n) is 10.2. The Hall–Kier alpha value is -3.76. The molecule has 14 heteroatoms. The molecular formula is C42H58FN3O10. The van der Waals surface area contributed by atoms with Crippen molar-refractivity contribution in [2.75, 3.05) is 84.5 Å². The molecule has 1 aliphatic heterocycles. The molecule has 2 heterocycles. The summed E-state index contributed by atoms with van der Waals surface area (Å²) < 4.78 is 47.7. The highest BCUT2D eigenvalue weighted by molar-refractivity contribution is 5.94. The third-order valence-corrected chi connectivity index (χ3v) is 10.2. The topological polar surface area (TPSA) is 158 Å². The van der Waals surface area contributed by atoms with Crippen molar-refractivity contribution in [3.63, 3.8) is 0 Å². The van der Waals surface area contributed by atoms with Gasteiger partial charge in [0, 0.05) is 30.4 Å². The molecule has 2 amide bonds. The first-order valence-electron chi connectivity index (χ1n) is 19.7. The number of hydrogen-bond donors (Lipinski definition) is 3. The van der Waals surface area contributed by atoms with E-state index in [4.69, 9.17) is 28.4 Å². The van der Waals surface area contributed by atoms with Crippen LogP contribution in [0.4, 0.5) is 10.1 Å². The molecule has 5 rings (SSSR count). The SMILES string of the molecule is CC(C)(CC(=O)N1CC[C@@H](O)C1)OCCOCCOCCOCCOCCOc1ccc(NC(=O)[C@H](O)[C@H]2CC[C@@H](c3ccnc4ccc(F)cc43)CC2)cc1. The first-order valence-corrected chi connectivity index (χ1v) is 19.7. The maximum atomic E-state index is 13.9. The van der Waals surface area contributed by atoms with Gasteiger partial charge in [0.25, 0.3) is 5.91 Å².